The minimum atomic E-state index is 0.743. The number of anilines is 1. The maximum atomic E-state index is 5.54. The Balaban J connectivity index is 1.76. The summed E-state index contributed by atoms with van der Waals surface area (Å²) >= 11 is 0. The van der Waals surface area contributed by atoms with Gasteiger partial charge in [-0.05, 0) is 42.8 Å². The van der Waals surface area contributed by atoms with Crippen LogP contribution in [0.1, 0.15) is 30.9 Å². The summed E-state index contributed by atoms with van der Waals surface area (Å²) in [5, 5.41) is 4.45. The standard InChI is InChI=1S/C19H24N4O/c1-15(21-22-19-7-3-4-10-20-19)16-8-9-18(24-2)17(13-16)14-23-11-5-6-12-23/h3-4,7-10,13H,5-6,11-12,14H2,1-2H3,(H,20,22)/p+1/b21-15-. The van der Waals surface area contributed by atoms with Crippen LogP contribution in [0.15, 0.2) is 47.7 Å². The molecule has 2 heterocycles. The maximum absolute atomic E-state index is 5.54. The third kappa shape index (κ3) is 4.11. The molecule has 0 amide bonds. The first-order valence-corrected chi connectivity index (χ1v) is 8.48. The number of hydrogen-bond donors (Lipinski definition) is 2. The van der Waals surface area contributed by atoms with Gasteiger partial charge in [-0.2, -0.15) is 5.10 Å². The third-order valence-corrected chi connectivity index (χ3v) is 4.45. The second-order valence-corrected chi connectivity index (χ2v) is 6.18. The number of benzene rings is 1. The number of pyridine rings is 1. The van der Waals surface area contributed by atoms with E-state index in [4.69, 9.17) is 4.74 Å². The van der Waals surface area contributed by atoms with Gasteiger partial charge >= 0.3 is 0 Å². The van der Waals surface area contributed by atoms with E-state index in [-0.39, 0.29) is 0 Å². The molecule has 1 aromatic carbocycles. The third-order valence-electron chi connectivity index (χ3n) is 4.45. The Morgan fingerprint density at radius 1 is 1.25 bits per heavy atom. The lowest BCUT2D eigenvalue weighted by Crippen LogP contribution is -3.08. The fourth-order valence-electron chi connectivity index (χ4n) is 3.10. The molecule has 126 valence electrons. The molecule has 24 heavy (non-hydrogen) atoms. The number of likely N-dealkylation sites (tertiary alicyclic amines) is 1. The van der Waals surface area contributed by atoms with E-state index in [0.29, 0.717) is 0 Å². The van der Waals surface area contributed by atoms with Crippen molar-refractivity contribution in [3.63, 3.8) is 0 Å². The Hall–Kier alpha value is -2.40. The first kappa shape index (κ1) is 16.5. The summed E-state index contributed by atoms with van der Waals surface area (Å²) < 4.78 is 5.54. The van der Waals surface area contributed by atoms with Gasteiger partial charge in [0.05, 0.1) is 25.9 Å². The first-order valence-electron chi connectivity index (χ1n) is 8.48. The zero-order valence-electron chi connectivity index (χ0n) is 14.4. The number of quaternary nitrogens is 1. The van der Waals surface area contributed by atoms with E-state index in [0.717, 1.165) is 29.4 Å². The molecule has 0 bridgehead atoms. The predicted molar refractivity (Wildman–Crippen MR) is 96.7 cm³/mol. The number of hydrazone groups is 1. The van der Waals surface area contributed by atoms with Crippen molar-refractivity contribution in [3.05, 3.63) is 53.7 Å². The smallest absolute Gasteiger partial charge is 0.146 e. The van der Waals surface area contributed by atoms with Crippen LogP contribution < -0.4 is 15.1 Å². The number of rotatable bonds is 6. The van der Waals surface area contributed by atoms with Crippen molar-refractivity contribution in [1.29, 1.82) is 0 Å². The van der Waals surface area contributed by atoms with Gasteiger partial charge in [0.25, 0.3) is 0 Å². The van der Waals surface area contributed by atoms with Crippen molar-refractivity contribution in [3.8, 4) is 5.75 Å². The predicted octanol–water partition coefficient (Wildman–Crippen LogP) is 2.10. The summed E-state index contributed by atoms with van der Waals surface area (Å²) in [7, 11) is 1.74. The average molecular weight is 325 g/mol. The average Bonchev–Trinajstić information content (AvgIpc) is 3.13. The molecular formula is C19H25N4O+. The largest absolute Gasteiger partial charge is 0.496 e. The molecule has 0 atom stereocenters. The van der Waals surface area contributed by atoms with E-state index in [9.17, 15) is 0 Å². The topological polar surface area (TPSA) is 50.9 Å². The van der Waals surface area contributed by atoms with Gasteiger partial charge in [0.15, 0.2) is 0 Å². The molecular weight excluding hydrogens is 300 g/mol. The Bertz CT molecular complexity index is 694. The molecule has 0 aliphatic carbocycles. The number of ether oxygens (including phenoxy) is 1. The Morgan fingerprint density at radius 3 is 2.79 bits per heavy atom. The second-order valence-electron chi connectivity index (χ2n) is 6.18. The van der Waals surface area contributed by atoms with Gasteiger partial charge in [-0.3, -0.25) is 5.43 Å². The SMILES string of the molecule is COc1ccc(/C(C)=N\Nc2ccccn2)cc1C[NH+]1CCCC1. The van der Waals surface area contributed by atoms with Crippen LogP contribution in [0.3, 0.4) is 0 Å². The molecule has 5 nitrogen and oxygen atoms in total. The highest BCUT2D eigenvalue weighted by atomic mass is 16.5. The summed E-state index contributed by atoms with van der Waals surface area (Å²) in [5.41, 5.74) is 6.29. The molecule has 5 heteroatoms. The zero-order valence-corrected chi connectivity index (χ0v) is 14.4. The van der Waals surface area contributed by atoms with E-state index in [1.54, 1.807) is 18.2 Å². The molecule has 0 radical (unpaired) electrons. The van der Waals surface area contributed by atoms with Gasteiger partial charge in [0.2, 0.25) is 0 Å². The van der Waals surface area contributed by atoms with Crippen molar-refractivity contribution >= 4 is 11.5 Å². The van der Waals surface area contributed by atoms with Crippen molar-refractivity contribution < 1.29 is 9.64 Å². The van der Waals surface area contributed by atoms with E-state index in [1.807, 2.05) is 31.2 Å². The quantitative estimate of drug-likeness (QED) is 0.632. The summed E-state index contributed by atoms with van der Waals surface area (Å²) in [5.74, 6) is 1.70. The van der Waals surface area contributed by atoms with E-state index >= 15 is 0 Å². The monoisotopic (exact) mass is 325 g/mol. The highest BCUT2D eigenvalue weighted by Gasteiger charge is 2.18. The molecule has 2 aromatic rings. The van der Waals surface area contributed by atoms with Crippen LogP contribution in [0.5, 0.6) is 5.75 Å². The number of hydrogen-bond acceptors (Lipinski definition) is 4. The Kier molecular flexibility index (Phi) is 5.43. The molecule has 1 aromatic heterocycles. The molecule has 3 rings (SSSR count). The number of methoxy groups -OCH3 is 1. The minimum Gasteiger partial charge on any atom is -0.496 e. The molecule has 1 aliphatic heterocycles. The number of nitrogens with zero attached hydrogens (tertiary/aromatic N) is 2. The molecule has 0 spiro atoms. The second kappa shape index (κ2) is 7.93. The lowest BCUT2D eigenvalue weighted by Gasteiger charge is -2.15. The van der Waals surface area contributed by atoms with Gasteiger partial charge in [-0.25, -0.2) is 4.98 Å². The van der Waals surface area contributed by atoms with E-state index in [1.165, 1.54) is 31.5 Å². The molecule has 1 fully saturated rings. The highest BCUT2D eigenvalue weighted by Crippen LogP contribution is 2.20. The van der Waals surface area contributed by atoms with Gasteiger partial charge in [0.1, 0.15) is 18.1 Å². The van der Waals surface area contributed by atoms with Crippen molar-refractivity contribution in [1.82, 2.24) is 4.98 Å². The lowest BCUT2D eigenvalue weighted by molar-refractivity contribution is -0.901. The van der Waals surface area contributed by atoms with Gasteiger partial charge in [-0.15, -0.1) is 0 Å². The molecule has 1 aliphatic rings. The van der Waals surface area contributed by atoms with Gasteiger partial charge in [-0.1, -0.05) is 6.07 Å². The first-order chi connectivity index (χ1) is 11.8. The molecule has 2 N–H and O–H groups in total. The Labute approximate surface area is 143 Å². The summed E-state index contributed by atoms with van der Waals surface area (Å²) in [6.07, 6.45) is 4.40. The number of nitrogens with one attached hydrogen (secondary N) is 2. The van der Waals surface area contributed by atoms with Crippen LogP contribution in [0.4, 0.5) is 5.82 Å². The zero-order chi connectivity index (χ0) is 16.8. The summed E-state index contributed by atoms with van der Waals surface area (Å²) in [4.78, 5) is 5.85. The van der Waals surface area contributed by atoms with E-state index in [2.05, 4.69) is 27.6 Å². The van der Waals surface area contributed by atoms with Crippen molar-refractivity contribution in [2.75, 3.05) is 25.6 Å². The highest BCUT2D eigenvalue weighted by molar-refractivity contribution is 5.99. The van der Waals surface area contributed by atoms with Crippen LogP contribution in [-0.4, -0.2) is 30.9 Å². The Morgan fingerprint density at radius 2 is 2.08 bits per heavy atom. The van der Waals surface area contributed by atoms with Crippen molar-refractivity contribution in [2.24, 2.45) is 5.10 Å². The van der Waals surface area contributed by atoms with Gasteiger partial charge < -0.3 is 9.64 Å². The van der Waals surface area contributed by atoms with E-state index < -0.39 is 0 Å². The number of aromatic nitrogens is 1. The fourth-order valence-corrected chi connectivity index (χ4v) is 3.10. The maximum Gasteiger partial charge on any atom is 0.146 e. The van der Waals surface area contributed by atoms with Crippen LogP contribution >= 0.6 is 0 Å². The minimum absolute atomic E-state index is 0.743. The normalized spacial score (nSPS) is 15.5. The van der Waals surface area contributed by atoms with Crippen LogP contribution in [0, 0.1) is 0 Å². The molecule has 0 unspecified atom stereocenters. The summed E-state index contributed by atoms with van der Waals surface area (Å²) in [6, 6.07) is 12.0. The summed E-state index contributed by atoms with van der Waals surface area (Å²) in [6.45, 7) is 5.52. The van der Waals surface area contributed by atoms with Gasteiger partial charge in [0, 0.05) is 24.6 Å². The fraction of sp³-hybridized carbons (Fsp3) is 0.368. The molecule has 0 saturated carbocycles. The van der Waals surface area contributed by atoms with Crippen LogP contribution in [-0.2, 0) is 6.54 Å². The van der Waals surface area contributed by atoms with Crippen molar-refractivity contribution in [2.45, 2.75) is 26.3 Å². The molecule has 1 saturated heterocycles. The van der Waals surface area contributed by atoms with Crippen LogP contribution in [0.25, 0.3) is 0 Å². The van der Waals surface area contributed by atoms with Crippen LogP contribution in [0.2, 0.25) is 0 Å². The lowest BCUT2D eigenvalue weighted by atomic mass is 10.1.